The fourth-order valence-electron chi connectivity index (χ4n) is 2.88. The Morgan fingerprint density at radius 3 is 2.90 bits per heavy atom. The highest BCUT2D eigenvalue weighted by Gasteiger charge is 2.24. The maximum absolute atomic E-state index is 9.53. The molecular weight excluding hydrogens is 262 g/mol. The van der Waals surface area contributed by atoms with E-state index in [4.69, 9.17) is 4.98 Å². The van der Waals surface area contributed by atoms with Gasteiger partial charge in [0.1, 0.15) is 5.82 Å². The van der Waals surface area contributed by atoms with Crippen LogP contribution in [0.5, 0.6) is 0 Å². The number of fused-ring (bicyclic) bond motifs is 1. The van der Waals surface area contributed by atoms with Gasteiger partial charge in [-0.2, -0.15) is 0 Å². The molecule has 1 fully saturated rings. The summed E-state index contributed by atoms with van der Waals surface area (Å²) in [5.74, 6) is 1.17. The number of nitrogens with zero attached hydrogens (tertiary/aromatic N) is 2. The Morgan fingerprint density at radius 2 is 2.19 bits per heavy atom. The summed E-state index contributed by atoms with van der Waals surface area (Å²) >= 11 is 0. The Bertz CT molecular complexity index is 589. The number of benzene rings is 1. The van der Waals surface area contributed by atoms with Crippen molar-refractivity contribution >= 4 is 11.0 Å². The third-order valence-electron chi connectivity index (χ3n) is 4.18. The number of hydrogen-bond acceptors (Lipinski definition) is 3. The Labute approximate surface area is 126 Å². The summed E-state index contributed by atoms with van der Waals surface area (Å²) < 4.78 is 2.33. The van der Waals surface area contributed by atoms with Crippen molar-refractivity contribution in [2.45, 2.75) is 57.7 Å². The molecule has 1 aliphatic rings. The van der Waals surface area contributed by atoms with E-state index in [1.54, 1.807) is 0 Å². The lowest BCUT2D eigenvalue weighted by Gasteiger charge is -2.17. The van der Waals surface area contributed by atoms with Gasteiger partial charge in [-0.3, -0.25) is 0 Å². The third kappa shape index (κ3) is 3.44. The number of para-hydroxylation sites is 2. The molecule has 0 spiro atoms. The lowest BCUT2D eigenvalue weighted by atomic mass is 10.2. The standard InChI is InChI=1S/C17H25N3O/c1-2-5-17-19-15-6-3-4-7-16(15)20(17)11-10-14(12-21)18-13-8-9-13/h3-4,6-7,13-14,18,21H,2,5,8-12H2,1H3. The molecule has 1 aromatic heterocycles. The largest absolute Gasteiger partial charge is 0.395 e. The van der Waals surface area contributed by atoms with Gasteiger partial charge in [-0.05, 0) is 37.8 Å². The number of aliphatic hydroxyl groups is 1. The zero-order valence-corrected chi connectivity index (χ0v) is 12.8. The number of aryl methyl sites for hydroxylation is 2. The van der Waals surface area contributed by atoms with Crippen LogP contribution in [0.25, 0.3) is 11.0 Å². The van der Waals surface area contributed by atoms with Crippen LogP contribution in [0.4, 0.5) is 0 Å². The lowest BCUT2D eigenvalue weighted by Crippen LogP contribution is -2.35. The van der Waals surface area contributed by atoms with Crippen molar-refractivity contribution in [1.29, 1.82) is 0 Å². The molecule has 0 radical (unpaired) electrons. The summed E-state index contributed by atoms with van der Waals surface area (Å²) in [6, 6.07) is 9.17. The van der Waals surface area contributed by atoms with Gasteiger partial charge < -0.3 is 15.0 Å². The van der Waals surface area contributed by atoms with Gasteiger partial charge in [0.25, 0.3) is 0 Å². The van der Waals surface area contributed by atoms with Crippen molar-refractivity contribution < 1.29 is 5.11 Å². The van der Waals surface area contributed by atoms with E-state index in [2.05, 4.69) is 35.0 Å². The molecule has 1 atom stereocenters. The van der Waals surface area contributed by atoms with Crippen LogP contribution in [-0.2, 0) is 13.0 Å². The molecule has 0 amide bonds. The molecule has 2 aromatic rings. The van der Waals surface area contributed by atoms with E-state index in [0.29, 0.717) is 6.04 Å². The van der Waals surface area contributed by atoms with E-state index in [1.165, 1.54) is 24.2 Å². The van der Waals surface area contributed by atoms with E-state index < -0.39 is 0 Å². The average molecular weight is 287 g/mol. The second-order valence-corrected chi connectivity index (χ2v) is 6.03. The number of nitrogens with one attached hydrogen (secondary N) is 1. The first-order valence-electron chi connectivity index (χ1n) is 8.13. The Morgan fingerprint density at radius 1 is 1.38 bits per heavy atom. The van der Waals surface area contributed by atoms with Gasteiger partial charge in [-0.15, -0.1) is 0 Å². The number of aliphatic hydroxyl groups excluding tert-OH is 1. The second-order valence-electron chi connectivity index (χ2n) is 6.03. The predicted molar refractivity (Wildman–Crippen MR) is 85.4 cm³/mol. The molecule has 114 valence electrons. The van der Waals surface area contributed by atoms with Gasteiger partial charge in [0, 0.05) is 25.0 Å². The molecular formula is C17H25N3O. The van der Waals surface area contributed by atoms with Crippen LogP contribution < -0.4 is 5.32 Å². The highest BCUT2D eigenvalue weighted by Crippen LogP contribution is 2.21. The van der Waals surface area contributed by atoms with Gasteiger partial charge in [0.05, 0.1) is 17.6 Å². The van der Waals surface area contributed by atoms with Gasteiger partial charge in [0.15, 0.2) is 0 Å². The molecule has 2 N–H and O–H groups in total. The van der Waals surface area contributed by atoms with Gasteiger partial charge in [-0.1, -0.05) is 19.1 Å². The lowest BCUT2D eigenvalue weighted by molar-refractivity contribution is 0.230. The Balaban J connectivity index is 1.75. The van der Waals surface area contributed by atoms with Crippen molar-refractivity contribution in [1.82, 2.24) is 14.9 Å². The molecule has 1 unspecified atom stereocenters. The number of rotatable bonds is 8. The number of imidazole rings is 1. The summed E-state index contributed by atoms with van der Waals surface area (Å²) in [5.41, 5.74) is 2.29. The van der Waals surface area contributed by atoms with E-state index in [1.807, 2.05) is 6.07 Å². The summed E-state index contributed by atoms with van der Waals surface area (Å²) in [5, 5.41) is 13.0. The van der Waals surface area contributed by atoms with E-state index in [0.717, 1.165) is 31.3 Å². The van der Waals surface area contributed by atoms with Crippen LogP contribution in [0.1, 0.15) is 38.4 Å². The van der Waals surface area contributed by atoms with Crippen molar-refractivity contribution in [2.75, 3.05) is 6.61 Å². The highest BCUT2D eigenvalue weighted by molar-refractivity contribution is 5.75. The smallest absolute Gasteiger partial charge is 0.109 e. The Hall–Kier alpha value is -1.39. The predicted octanol–water partition coefficient (Wildman–Crippen LogP) is 2.49. The van der Waals surface area contributed by atoms with Gasteiger partial charge in [-0.25, -0.2) is 4.98 Å². The number of aromatic nitrogens is 2. The van der Waals surface area contributed by atoms with Gasteiger partial charge in [0.2, 0.25) is 0 Å². The van der Waals surface area contributed by atoms with Crippen LogP contribution in [0, 0.1) is 0 Å². The monoisotopic (exact) mass is 287 g/mol. The van der Waals surface area contributed by atoms with Crippen LogP contribution in [0.2, 0.25) is 0 Å². The zero-order chi connectivity index (χ0) is 14.7. The van der Waals surface area contributed by atoms with Crippen molar-refractivity contribution in [3.8, 4) is 0 Å². The molecule has 1 saturated carbocycles. The maximum atomic E-state index is 9.53. The van der Waals surface area contributed by atoms with Crippen LogP contribution in [-0.4, -0.2) is 33.3 Å². The molecule has 21 heavy (non-hydrogen) atoms. The third-order valence-corrected chi connectivity index (χ3v) is 4.18. The number of hydrogen-bond donors (Lipinski definition) is 2. The summed E-state index contributed by atoms with van der Waals surface area (Å²) in [6.07, 6.45) is 5.57. The maximum Gasteiger partial charge on any atom is 0.109 e. The first-order valence-corrected chi connectivity index (χ1v) is 8.13. The highest BCUT2D eigenvalue weighted by atomic mass is 16.3. The Kier molecular flexibility index (Phi) is 4.56. The summed E-state index contributed by atoms with van der Waals surface area (Å²) in [7, 11) is 0. The van der Waals surface area contributed by atoms with Crippen LogP contribution in [0.15, 0.2) is 24.3 Å². The van der Waals surface area contributed by atoms with Gasteiger partial charge >= 0.3 is 0 Å². The fraction of sp³-hybridized carbons (Fsp3) is 0.588. The second kappa shape index (κ2) is 6.58. The molecule has 0 aliphatic heterocycles. The molecule has 3 rings (SSSR count). The van der Waals surface area contributed by atoms with Crippen molar-refractivity contribution in [3.05, 3.63) is 30.1 Å². The van der Waals surface area contributed by atoms with Crippen LogP contribution in [0.3, 0.4) is 0 Å². The molecule has 0 bridgehead atoms. The minimum atomic E-state index is 0.202. The van der Waals surface area contributed by atoms with E-state index in [9.17, 15) is 5.11 Å². The average Bonchev–Trinajstić information content (AvgIpc) is 3.25. The molecule has 4 nitrogen and oxygen atoms in total. The minimum Gasteiger partial charge on any atom is -0.395 e. The van der Waals surface area contributed by atoms with Crippen molar-refractivity contribution in [2.24, 2.45) is 0 Å². The summed E-state index contributed by atoms with van der Waals surface area (Å²) in [6.45, 7) is 3.32. The molecule has 4 heteroatoms. The molecule has 1 aliphatic carbocycles. The topological polar surface area (TPSA) is 50.1 Å². The normalized spacial score (nSPS) is 16.5. The minimum absolute atomic E-state index is 0.202. The van der Waals surface area contributed by atoms with Crippen molar-refractivity contribution in [3.63, 3.8) is 0 Å². The molecule has 0 saturated heterocycles. The molecule has 1 aromatic carbocycles. The first kappa shape index (κ1) is 14.5. The summed E-state index contributed by atoms with van der Waals surface area (Å²) in [4.78, 5) is 4.76. The first-order chi connectivity index (χ1) is 10.3. The quantitative estimate of drug-likeness (QED) is 0.784. The zero-order valence-electron chi connectivity index (χ0n) is 12.8. The van der Waals surface area contributed by atoms with E-state index >= 15 is 0 Å². The SMILES string of the molecule is CCCc1nc2ccccc2n1CCC(CO)NC1CC1. The fourth-order valence-corrected chi connectivity index (χ4v) is 2.88. The van der Waals surface area contributed by atoms with Crippen LogP contribution >= 0.6 is 0 Å². The molecule has 1 heterocycles. The van der Waals surface area contributed by atoms with E-state index in [-0.39, 0.29) is 12.6 Å².